The smallest absolute Gasteiger partial charge is 0.230 e. The molecule has 3 heterocycles. The van der Waals surface area contributed by atoms with Gasteiger partial charge in [-0.2, -0.15) is 5.10 Å². The number of carbonyl (C=O) groups excluding carboxylic acids is 1. The van der Waals surface area contributed by atoms with E-state index in [0.29, 0.717) is 18.3 Å². The van der Waals surface area contributed by atoms with Crippen LogP contribution in [0.3, 0.4) is 0 Å². The van der Waals surface area contributed by atoms with E-state index >= 15 is 0 Å². The second kappa shape index (κ2) is 6.50. The summed E-state index contributed by atoms with van der Waals surface area (Å²) in [5.74, 6) is 2.57. The lowest BCUT2D eigenvalue weighted by atomic mass is 9.97. The number of carbonyl (C=O) groups is 1. The summed E-state index contributed by atoms with van der Waals surface area (Å²) in [6, 6.07) is 7.94. The van der Waals surface area contributed by atoms with Crippen molar-refractivity contribution in [1.82, 2.24) is 14.8 Å². The Morgan fingerprint density at radius 1 is 1.32 bits per heavy atom. The molecule has 1 saturated heterocycles. The molecule has 0 spiro atoms. The van der Waals surface area contributed by atoms with Crippen molar-refractivity contribution in [3.63, 3.8) is 0 Å². The first-order valence-corrected chi connectivity index (χ1v) is 9.20. The maximum Gasteiger partial charge on any atom is 0.230 e. The summed E-state index contributed by atoms with van der Waals surface area (Å²) in [7, 11) is 0. The lowest BCUT2D eigenvalue weighted by molar-refractivity contribution is -0.120. The Balaban J connectivity index is 1.44. The molecule has 6 heteroatoms. The van der Waals surface area contributed by atoms with E-state index in [2.05, 4.69) is 40.2 Å². The SMILES string of the molecule is CCn1nc(NC(=O)[C@@H]2CN(c3ccccn3)C[C@H]2C)cc1C1CC1. The fourth-order valence-corrected chi connectivity index (χ4v) is 3.71. The van der Waals surface area contributed by atoms with Crippen LogP contribution in [-0.2, 0) is 11.3 Å². The minimum atomic E-state index is -0.0434. The standard InChI is InChI=1S/C19H25N5O/c1-3-24-16(14-7-8-14)10-17(22-24)21-19(25)15-12-23(11-13(15)2)18-6-4-5-9-20-18/h4-6,9-10,13-15H,3,7-8,11-12H2,1-2H3,(H,21,22,25)/t13-,15-/m1/s1. The van der Waals surface area contributed by atoms with Crippen LogP contribution in [0, 0.1) is 11.8 Å². The average molecular weight is 339 g/mol. The minimum absolute atomic E-state index is 0.0434. The van der Waals surface area contributed by atoms with Crippen molar-refractivity contribution in [1.29, 1.82) is 0 Å². The molecule has 1 amide bonds. The predicted molar refractivity (Wildman–Crippen MR) is 97.6 cm³/mol. The van der Waals surface area contributed by atoms with Gasteiger partial charge in [-0.05, 0) is 37.8 Å². The summed E-state index contributed by atoms with van der Waals surface area (Å²) >= 11 is 0. The van der Waals surface area contributed by atoms with Crippen molar-refractivity contribution in [2.75, 3.05) is 23.3 Å². The van der Waals surface area contributed by atoms with Gasteiger partial charge in [-0.1, -0.05) is 13.0 Å². The van der Waals surface area contributed by atoms with Crippen LogP contribution in [0.25, 0.3) is 0 Å². The number of pyridine rings is 1. The average Bonchev–Trinajstić information content (AvgIpc) is 3.28. The molecule has 2 aromatic heterocycles. The first-order chi connectivity index (χ1) is 12.2. The zero-order valence-corrected chi connectivity index (χ0v) is 14.9. The van der Waals surface area contributed by atoms with Gasteiger partial charge in [0.2, 0.25) is 5.91 Å². The van der Waals surface area contributed by atoms with Gasteiger partial charge in [0, 0.05) is 43.5 Å². The molecule has 2 atom stereocenters. The van der Waals surface area contributed by atoms with Gasteiger partial charge >= 0.3 is 0 Å². The molecule has 0 bridgehead atoms. The molecule has 4 rings (SSSR count). The van der Waals surface area contributed by atoms with Crippen molar-refractivity contribution >= 4 is 17.5 Å². The van der Waals surface area contributed by atoms with Crippen LogP contribution in [0.5, 0.6) is 0 Å². The second-order valence-corrected chi connectivity index (χ2v) is 7.21. The molecule has 2 aromatic rings. The molecule has 1 saturated carbocycles. The topological polar surface area (TPSA) is 63.1 Å². The first kappa shape index (κ1) is 16.1. The van der Waals surface area contributed by atoms with Gasteiger partial charge in [-0.25, -0.2) is 4.98 Å². The van der Waals surface area contributed by atoms with Crippen molar-refractivity contribution in [2.45, 2.75) is 39.2 Å². The highest BCUT2D eigenvalue weighted by molar-refractivity contribution is 5.92. The van der Waals surface area contributed by atoms with Crippen molar-refractivity contribution in [3.05, 3.63) is 36.2 Å². The Labute approximate surface area is 148 Å². The highest BCUT2D eigenvalue weighted by Gasteiger charge is 2.36. The Kier molecular flexibility index (Phi) is 4.19. The summed E-state index contributed by atoms with van der Waals surface area (Å²) < 4.78 is 2.02. The maximum atomic E-state index is 12.8. The zero-order valence-electron chi connectivity index (χ0n) is 14.9. The van der Waals surface area contributed by atoms with E-state index in [1.165, 1.54) is 18.5 Å². The van der Waals surface area contributed by atoms with Gasteiger partial charge in [0.1, 0.15) is 5.82 Å². The quantitative estimate of drug-likeness (QED) is 0.910. The van der Waals surface area contributed by atoms with Crippen LogP contribution in [0.2, 0.25) is 0 Å². The van der Waals surface area contributed by atoms with Gasteiger partial charge < -0.3 is 10.2 Å². The third-order valence-corrected chi connectivity index (χ3v) is 5.28. The van der Waals surface area contributed by atoms with Crippen LogP contribution in [-0.4, -0.2) is 33.8 Å². The largest absolute Gasteiger partial charge is 0.356 e. The number of nitrogens with zero attached hydrogens (tertiary/aromatic N) is 4. The Morgan fingerprint density at radius 3 is 2.84 bits per heavy atom. The monoisotopic (exact) mass is 339 g/mol. The number of anilines is 2. The van der Waals surface area contributed by atoms with E-state index in [9.17, 15) is 4.79 Å². The Bertz CT molecular complexity index is 752. The van der Waals surface area contributed by atoms with E-state index in [0.717, 1.165) is 18.9 Å². The molecule has 132 valence electrons. The fraction of sp³-hybridized carbons (Fsp3) is 0.526. The van der Waals surface area contributed by atoms with Gasteiger partial charge in [-0.15, -0.1) is 0 Å². The molecular formula is C19H25N5O. The van der Waals surface area contributed by atoms with Crippen molar-refractivity contribution < 1.29 is 4.79 Å². The third-order valence-electron chi connectivity index (χ3n) is 5.28. The number of aryl methyl sites for hydroxylation is 1. The van der Waals surface area contributed by atoms with Gasteiger partial charge in [0.05, 0.1) is 5.92 Å². The molecule has 1 N–H and O–H groups in total. The molecule has 0 aromatic carbocycles. The number of amides is 1. The molecule has 25 heavy (non-hydrogen) atoms. The number of aromatic nitrogens is 3. The van der Waals surface area contributed by atoms with Crippen LogP contribution in [0.15, 0.2) is 30.5 Å². The number of nitrogens with one attached hydrogen (secondary N) is 1. The number of hydrogen-bond donors (Lipinski definition) is 1. The van der Waals surface area contributed by atoms with Crippen LogP contribution < -0.4 is 10.2 Å². The lowest BCUT2D eigenvalue weighted by Crippen LogP contribution is -2.29. The number of hydrogen-bond acceptors (Lipinski definition) is 4. The summed E-state index contributed by atoms with van der Waals surface area (Å²) in [4.78, 5) is 19.4. The van der Waals surface area contributed by atoms with E-state index in [1.54, 1.807) is 6.20 Å². The van der Waals surface area contributed by atoms with E-state index in [-0.39, 0.29) is 17.7 Å². The van der Waals surface area contributed by atoms with Crippen LogP contribution >= 0.6 is 0 Å². The molecule has 2 fully saturated rings. The first-order valence-electron chi connectivity index (χ1n) is 9.20. The lowest BCUT2D eigenvalue weighted by Gasteiger charge is -2.16. The molecular weight excluding hydrogens is 314 g/mol. The predicted octanol–water partition coefficient (Wildman–Crippen LogP) is 2.89. The molecule has 0 unspecified atom stereocenters. The van der Waals surface area contributed by atoms with Crippen molar-refractivity contribution in [2.24, 2.45) is 11.8 Å². The highest BCUT2D eigenvalue weighted by Crippen LogP contribution is 2.41. The fourth-order valence-electron chi connectivity index (χ4n) is 3.71. The summed E-state index contributed by atoms with van der Waals surface area (Å²) in [6.07, 6.45) is 4.26. The van der Waals surface area contributed by atoms with E-state index < -0.39 is 0 Å². The highest BCUT2D eigenvalue weighted by atomic mass is 16.2. The second-order valence-electron chi connectivity index (χ2n) is 7.21. The van der Waals surface area contributed by atoms with Crippen LogP contribution in [0.1, 0.15) is 38.3 Å². The zero-order chi connectivity index (χ0) is 17.4. The van der Waals surface area contributed by atoms with Crippen molar-refractivity contribution in [3.8, 4) is 0 Å². The minimum Gasteiger partial charge on any atom is -0.356 e. The molecule has 1 aliphatic carbocycles. The van der Waals surface area contributed by atoms with Crippen LogP contribution in [0.4, 0.5) is 11.6 Å². The molecule has 2 aliphatic rings. The molecule has 1 aliphatic heterocycles. The normalized spacial score (nSPS) is 23.0. The summed E-state index contributed by atoms with van der Waals surface area (Å²) in [5.41, 5.74) is 1.26. The Hall–Kier alpha value is -2.37. The Morgan fingerprint density at radius 2 is 2.16 bits per heavy atom. The summed E-state index contributed by atoms with van der Waals surface area (Å²) in [5, 5.41) is 7.61. The number of rotatable bonds is 5. The molecule has 0 radical (unpaired) electrons. The van der Waals surface area contributed by atoms with E-state index in [1.807, 2.05) is 22.9 Å². The van der Waals surface area contributed by atoms with E-state index in [4.69, 9.17) is 0 Å². The molecule has 6 nitrogen and oxygen atoms in total. The maximum absolute atomic E-state index is 12.8. The van der Waals surface area contributed by atoms with Gasteiger partial charge in [-0.3, -0.25) is 9.48 Å². The van der Waals surface area contributed by atoms with Gasteiger partial charge in [0.15, 0.2) is 5.82 Å². The van der Waals surface area contributed by atoms with Gasteiger partial charge in [0.25, 0.3) is 0 Å². The summed E-state index contributed by atoms with van der Waals surface area (Å²) in [6.45, 7) is 6.62. The third kappa shape index (κ3) is 3.25.